The first-order chi connectivity index (χ1) is 12.6. The molecule has 148 valence electrons. The fourth-order valence-corrected chi connectivity index (χ4v) is 4.13. The van der Waals surface area contributed by atoms with Crippen LogP contribution >= 0.6 is 0 Å². The van der Waals surface area contributed by atoms with Crippen LogP contribution < -0.4 is 4.72 Å². The van der Waals surface area contributed by atoms with E-state index in [1.165, 1.54) is 4.68 Å². The highest BCUT2D eigenvalue weighted by atomic mass is 32.2. The number of nitrogens with one attached hydrogen (secondary N) is 1. The van der Waals surface area contributed by atoms with Crippen LogP contribution in [0.25, 0.3) is 0 Å². The van der Waals surface area contributed by atoms with Crippen molar-refractivity contribution in [2.24, 2.45) is 0 Å². The number of halogens is 5. The van der Waals surface area contributed by atoms with Gasteiger partial charge < -0.3 is 0 Å². The van der Waals surface area contributed by atoms with Gasteiger partial charge >= 0.3 is 6.18 Å². The Morgan fingerprint density at radius 2 is 1.81 bits per heavy atom. The average molecular weight is 409 g/mol. The smallest absolute Gasteiger partial charge is 0.267 e. The van der Waals surface area contributed by atoms with Crippen LogP contribution in [0.1, 0.15) is 29.8 Å². The summed E-state index contributed by atoms with van der Waals surface area (Å²) in [6.45, 7) is -0.353. The van der Waals surface area contributed by atoms with Gasteiger partial charge in [0.15, 0.2) is 17.3 Å². The van der Waals surface area contributed by atoms with Gasteiger partial charge in [-0.25, -0.2) is 21.9 Å². The maximum Gasteiger partial charge on any atom is 0.435 e. The second-order valence-corrected chi connectivity index (χ2v) is 7.94. The molecule has 0 fully saturated rings. The topological polar surface area (TPSA) is 64.0 Å². The van der Waals surface area contributed by atoms with Crippen molar-refractivity contribution in [3.63, 3.8) is 0 Å². The Hall–Kier alpha value is -2.01. The summed E-state index contributed by atoms with van der Waals surface area (Å²) in [5.74, 6) is -2.49. The fourth-order valence-electron chi connectivity index (χ4n) is 3.10. The van der Waals surface area contributed by atoms with E-state index < -0.39 is 38.4 Å². The van der Waals surface area contributed by atoms with E-state index in [9.17, 15) is 30.4 Å². The zero-order chi connectivity index (χ0) is 19.8. The molecule has 0 spiro atoms. The lowest BCUT2D eigenvalue weighted by atomic mass is 9.95. The van der Waals surface area contributed by atoms with Gasteiger partial charge in [0.05, 0.1) is 11.4 Å². The largest absolute Gasteiger partial charge is 0.435 e. The van der Waals surface area contributed by atoms with Crippen LogP contribution in [0.3, 0.4) is 0 Å². The van der Waals surface area contributed by atoms with Crippen LogP contribution in [0.4, 0.5) is 22.0 Å². The molecule has 27 heavy (non-hydrogen) atoms. The average Bonchev–Trinajstić information content (AvgIpc) is 2.96. The molecule has 2 aromatic rings. The lowest BCUT2D eigenvalue weighted by Gasteiger charge is -2.15. The van der Waals surface area contributed by atoms with E-state index in [-0.39, 0.29) is 25.1 Å². The molecule has 1 aliphatic rings. The van der Waals surface area contributed by atoms with Crippen molar-refractivity contribution in [3.8, 4) is 0 Å². The van der Waals surface area contributed by atoms with E-state index in [4.69, 9.17) is 0 Å². The zero-order valence-electron chi connectivity index (χ0n) is 14.0. The lowest BCUT2D eigenvalue weighted by Crippen LogP contribution is -2.28. The van der Waals surface area contributed by atoms with Gasteiger partial charge in [-0.3, -0.25) is 4.68 Å². The van der Waals surface area contributed by atoms with Crippen molar-refractivity contribution < 1.29 is 30.4 Å². The minimum atomic E-state index is -4.57. The number of benzene rings is 1. The van der Waals surface area contributed by atoms with Crippen LogP contribution in [-0.2, 0) is 35.6 Å². The van der Waals surface area contributed by atoms with Crippen molar-refractivity contribution in [3.05, 3.63) is 46.8 Å². The second-order valence-electron chi connectivity index (χ2n) is 6.18. The number of alkyl halides is 3. The van der Waals surface area contributed by atoms with Gasteiger partial charge in [0.1, 0.15) is 0 Å². The first-order valence-corrected chi connectivity index (χ1v) is 9.68. The molecule has 0 unspecified atom stereocenters. The molecular weight excluding hydrogens is 393 g/mol. The van der Waals surface area contributed by atoms with Gasteiger partial charge in [-0.05, 0) is 43.9 Å². The first-order valence-electron chi connectivity index (χ1n) is 8.20. The van der Waals surface area contributed by atoms with Crippen LogP contribution in [0, 0.1) is 11.6 Å². The molecule has 0 saturated heterocycles. The number of sulfonamides is 1. The summed E-state index contributed by atoms with van der Waals surface area (Å²) in [6, 6.07) is 2.12. The van der Waals surface area contributed by atoms with E-state index in [0.717, 1.165) is 12.5 Å². The Bertz CT molecular complexity index is 954. The molecule has 5 nitrogen and oxygen atoms in total. The number of fused-ring (bicyclic) bond motifs is 1. The Kier molecular flexibility index (Phi) is 5.26. The molecule has 0 bridgehead atoms. The van der Waals surface area contributed by atoms with Gasteiger partial charge in [-0.15, -0.1) is 0 Å². The number of aromatic nitrogens is 2. The summed E-state index contributed by atoms with van der Waals surface area (Å²) >= 11 is 0. The van der Waals surface area contributed by atoms with E-state index >= 15 is 0 Å². The molecule has 1 heterocycles. The predicted octanol–water partition coefficient (Wildman–Crippen LogP) is 3.04. The summed E-state index contributed by atoms with van der Waals surface area (Å²) < 4.78 is 93.2. The molecule has 3 rings (SSSR count). The summed E-state index contributed by atoms with van der Waals surface area (Å²) in [5, 5.41) is 3.63. The number of hydrogen-bond donors (Lipinski definition) is 1. The fraction of sp³-hybridized carbons (Fsp3) is 0.438. The molecular formula is C16H16F5N3O2S. The second kappa shape index (κ2) is 7.19. The van der Waals surface area contributed by atoms with Crippen LogP contribution in [0.2, 0.25) is 0 Å². The molecule has 1 aromatic carbocycles. The molecule has 0 radical (unpaired) electrons. The van der Waals surface area contributed by atoms with Crippen LogP contribution in [0.5, 0.6) is 0 Å². The minimum Gasteiger partial charge on any atom is -0.267 e. The summed E-state index contributed by atoms with van der Waals surface area (Å²) in [7, 11) is -4.13. The number of nitrogens with zero attached hydrogens (tertiary/aromatic N) is 2. The number of hydrogen-bond acceptors (Lipinski definition) is 3. The molecule has 0 amide bonds. The van der Waals surface area contributed by atoms with Crippen molar-refractivity contribution in [2.45, 2.75) is 43.3 Å². The summed E-state index contributed by atoms with van der Waals surface area (Å²) in [6.07, 6.45) is -2.47. The highest BCUT2D eigenvalue weighted by molar-refractivity contribution is 7.89. The standard InChI is InChI=1S/C16H16F5N3O2S/c17-12-6-5-10(9-13(12)18)27(25,26)22-7-8-24-14-4-2-1-3-11(14)15(23-24)16(19,20)21/h5-6,9,22H,1-4,7-8H2. The zero-order valence-corrected chi connectivity index (χ0v) is 14.8. The van der Waals surface area contributed by atoms with Gasteiger partial charge in [0.2, 0.25) is 10.0 Å². The normalized spacial score (nSPS) is 15.0. The monoisotopic (exact) mass is 409 g/mol. The molecule has 1 N–H and O–H groups in total. The first kappa shape index (κ1) is 19.7. The number of rotatable bonds is 5. The predicted molar refractivity (Wildman–Crippen MR) is 85.4 cm³/mol. The summed E-state index contributed by atoms with van der Waals surface area (Å²) in [4.78, 5) is -0.472. The van der Waals surface area contributed by atoms with E-state index in [1.807, 2.05) is 0 Å². The van der Waals surface area contributed by atoms with Gasteiger partial charge in [0, 0.05) is 17.8 Å². The van der Waals surface area contributed by atoms with Crippen molar-refractivity contribution in [1.29, 1.82) is 0 Å². The Morgan fingerprint density at radius 3 is 2.48 bits per heavy atom. The molecule has 0 saturated carbocycles. The van der Waals surface area contributed by atoms with Gasteiger partial charge in [0.25, 0.3) is 0 Å². The Balaban J connectivity index is 1.75. The van der Waals surface area contributed by atoms with Crippen LogP contribution in [0.15, 0.2) is 23.1 Å². The van der Waals surface area contributed by atoms with Gasteiger partial charge in [-0.2, -0.15) is 18.3 Å². The molecule has 11 heteroatoms. The lowest BCUT2D eigenvalue weighted by molar-refractivity contribution is -0.142. The molecule has 0 aliphatic heterocycles. The maximum atomic E-state index is 13.2. The van der Waals surface area contributed by atoms with E-state index in [1.54, 1.807) is 0 Å². The SMILES string of the molecule is O=S(=O)(NCCn1nc(C(F)(F)F)c2c1CCCC2)c1ccc(F)c(F)c1. The highest BCUT2D eigenvalue weighted by Crippen LogP contribution is 2.35. The third-order valence-electron chi connectivity index (χ3n) is 4.34. The van der Waals surface area contributed by atoms with Crippen LogP contribution in [-0.4, -0.2) is 24.7 Å². The minimum absolute atomic E-state index is 0.110. The highest BCUT2D eigenvalue weighted by Gasteiger charge is 2.39. The molecule has 0 atom stereocenters. The molecule has 1 aromatic heterocycles. The third-order valence-corrected chi connectivity index (χ3v) is 5.80. The van der Waals surface area contributed by atoms with Gasteiger partial charge in [-0.1, -0.05) is 0 Å². The Labute approximate surface area is 152 Å². The van der Waals surface area contributed by atoms with E-state index in [0.29, 0.717) is 30.7 Å². The molecule has 1 aliphatic carbocycles. The third kappa shape index (κ3) is 4.13. The Morgan fingerprint density at radius 1 is 1.11 bits per heavy atom. The van der Waals surface area contributed by atoms with Crippen molar-refractivity contribution in [1.82, 2.24) is 14.5 Å². The van der Waals surface area contributed by atoms with Crippen molar-refractivity contribution in [2.75, 3.05) is 6.54 Å². The quantitative estimate of drug-likeness (QED) is 0.773. The summed E-state index contributed by atoms with van der Waals surface area (Å²) in [5.41, 5.74) is -0.307. The maximum absolute atomic E-state index is 13.2. The van der Waals surface area contributed by atoms with E-state index in [2.05, 4.69) is 9.82 Å². The van der Waals surface area contributed by atoms with Crippen molar-refractivity contribution >= 4 is 10.0 Å².